The maximum atomic E-state index is 12.9. The standard InChI is InChI=1S/C24H22N2O4S/c27-24(17-6-7-17)26-15-14-18-16-22(12-13-23(18)26)31(28,29)25-19-8-10-21(11-9-19)30-20-4-2-1-3-5-20/h1-5,8-13,16-17,25H,6-7,14-15H2. The molecule has 7 heteroatoms. The maximum Gasteiger partial charge on any atom is 0.261 e. The van der Waals surface area contributed by atoms with Gasteiger partial charge in [0, 0.05) is 23.8 Å². The highest BCUT2D eigenvalue weighted by Crippen LogP contribution is 2.37. The number of para-hydroxylation sites is 1. The van der Waals surface area contributed by atoms with Crippen LogP contribution in [0.25, 0.3) is 0 Å². The lowest BCUT2D eigenvalue weighted by molar-refractivity contribution is -0.119. The topological polar surface area (TPSA) is 75.7 Å². The fourth-order valence-corrected chi connectivity index (χ4v) is 4.86. The number of hydrogen-bond donors (Lipinski definition) is 1. The number of benzene rings is 3. The number of nitrogens with one attached hydrogen (secondary N) is 1. The Morgan fingerprint density at radius 3 is 2.35 bits per heavy atom. The lowest BCUT2D eigenvalue weighted by Crippen LogP contribution is -2.30. The molecule has 31 heavy (non-hydrogen) atoms. The van der Waals surface area contributed by atoms with Crippen LogP contribution in [0.2, 0.25) is 0 Å². The summed E-state index contributed by atoms with van der Waals surface area (Å²) in [5.74, 6) is 1.63. The van der Waals surface area contributed by atoms with Crippen LogP contribution in [0.4, 0.5) is 11.4 Å². The first-order valence-corrected chi connectivity index (χ1v) is 11.8. The van der Waals surface area contributed by atoms with E-state index in [0.29, 0.717) is 30.2 Å². The van der Waals surface area contributed by atoms with Gasteiger partial charge in [-0.15, -0.1) is 0 Å². The van der Waals surface area contributed by atoms with Crippen LogP contribution in [0.15, 0.2) is 77.7 Å². The van der Waals surface area contributed by atoms with E-state index in [-0.39, 0.29) is 16.7 Å². The Kier molecular flexibility index (Phi) is 4.90. The van der Waals surface area contributed by atoms with Crippen LogP contribution in [-0.2, 0) is 21.2 Å². The van der Waals surface area contributed by atoms with Crippen LogP contribution in [0.5, 0.6) is 11.5 Å². The van der Waals surface area contributed by atoms with Crippen molar-refractivity contribution in [3.05, 3.63) is 78.4 Å². The number of fused-ring (bicyclic) bond motifs is 1. The molecule has 1 aliphatic heterocycles. The first kappa shape index (κ1) is 19.6. The predicted octanol–water partition coefficient (Wildman–Crippen LogP) is 4.58. The van der Waals surface area contributed by atoms with Crippen LogP contribution in [0.3, 0.4) is 0 Å². The van der Waals surface area contributed by atoms with Gasteiger partial charge < -0.3 is 9.64 Å². The summed E-state index contributed by atoms with van der Waals surface area (Å²) in [5, 5.41) is 0. The molecule has 3 aromatic rings. The number of amides is 1. The van der Waals surface area contributed by atoms with Crippen molar-refractivity contribution in [2.24, 2.45) is 5.92 Å². The van der Waals surface area contributed by atoms with Crippen molar-refractivity contribution in [3.63, 3.8) is 0 Å². The SMILES string of the molecule is O=C(C1CC1)N1CCc2cc(S(=O)(=O)Nc3ccc(Oc4ccccc4)cc3)ccc21. The van der Waals surface area contributed by atoms with Gasteiger partial charge in [0.1, 0.15) is 11.5 Å². The van der Waals surface area contributed by atoms with Gasteiger partial charge in [-0.05, 0) is 79.4 Å². The van der Waals surface area contributed by atoms with Crippen molar-refractivity contribution in [1.82, 2.24) is 0 Å². The number of carbonyl (C=O) groups excluding carboxylic acids is 1. The molecule has 0 spiro atoms. The second-order valence-corrected chi connectivity index (χ2v) is 9.53. The number of rotatable bonds is 6. The van der Waals surface area contributed by atoms with Gasteiger partial charge in [0.05, 0.1) is 4.90 Å². The van der Waals surface area contributed by atoms with Gasteiger partial charge in [0.25, 0.3) is 10.0 Å². The van der Waals surface area contributed by atoms with E-state index >= 15 is 0 Å². The minimum absolute atomic E-state index is 0.143. The Balaban J connectivity index is 1.30. The first-order valence-electron chi connectivity index (χ1n) is 10.3. The molecule has 0 aromatic heterocycles. The van der Waals surface area contributed by atoms with E-state index in [1.165, 1.54) is 0 Å². The first-order chi connectivity index (χ1) is 15.0. The number of nitrogens with zero attached hydrogens (tertiary/aromatic N) is 1. The highest BCUT2D eigenvalue weighted by Gasteiger charge is 2.36. The van der Waals surface area contributed by atoms with E-state index in [2.05, 4.69) is 4.72 Å². The van der Waals surface area contributed by atoms with Gasteiger partial charge in [0.2, 0.25) is 5.91 Å². The van der Waals surface area contributed by atoms with Crippen molar-refractivity contribution >= 4 is 27.3 Å². The summed E-state index contributed by atoms with van der Waals surface area (Å²) in [7, 11) is -3.74. The number of carbonyl (C=O) groups is 1. The third-order valence-electron chi connectivity index (χ3n) is 5.53. The normalized spacial score (nSPS) is 15.4. The fraction of sp³-hybridized carbons (Fsp3) is 0.208. The van der Waals surface area contributed by atoms with Gasteiger partial charge in [-0.2, -0.15) is 0 Å². The molecule has 2 aliphatic rings. The van der Waals surface area contributed by atoms with Crippen LogP contribution in [0, 0.1) is 5.92 Å². The molecular formula is C24H22N2O4S. The highest BCUT2D eigenvalue weighted by atomic mass is 32.2. The molecule has 0 bridgehead atoms. The van der Waals surface area contributed by atoms with Crippen molar-refractivity contribution in [3.8, 4) is 11.5 Å². The van der Waals surface area contributed by atoms with Crippen LogP contribution < -0.4 is 14.4 Å². The second kappa shape index (κ2) is 7.74. The van der Waals surface area contributed by atoms with Gasteiger partial charge in [0.15, 0.2) is 0 Å². The Bertz CT molecular complexity index is 1220. The molecule has 1 aliphatic carbocycles. The molecule has 1 heterocycles. The Labute approximate surface area is 181 Å². The summed E-state index contributed by atoms with van der Waals surface area (Å²) in [6, 6.07) is 21.1. The van der Waals surface area contributed by atoms with Crippen molar-refractivity contribution in [2.45, 2.75) is 24.2 Å². The Hall–Kier alpha value is -3.32. The number of anilines is 2. The Morgan fingerprint density at radius 1 is 0.935 bits per heavy atom. The molecule has 1 fully saturated rings. The fourth-order valence-electron chi connectivity index (χ4n) is 3.75. The number of hydrogen-bond acceptors (Lipinski definition) is 4. The van der Waals surface area contributed by atoms with E-state index in [1.807, 2.05) is 30.3 Å². The minimum Gasteiger partial charge on any atom is -0.457 e. The van der Waals surface area contributed by atoms with E-state index in [4.69, 9.17) is 4.74 Å². The Morgan fingerprint density at radius 2 is 1.65 bits per heavy atom. The van der Waals surface area contributed by atoms with Crippen LogP contribution >= 0.6 is 0 Å². The summed E-state index contributed by atoms with van der Waals surface area (Å²) in [4.78, 5) is 14.4. The zero-order chi connectivity index (χ0) is 21.4. The van der Waals surface area contributed by atoms with E-state index < -0.39 is 10.0 Å². The summed E-state index contributed by atoms with van der Waals surface area (Å²) < 4.78 is 34.1. The average Bonchev–Trinajstić information content (AvgIpc) is 3.54. The van der Waals surface area contributed by atoms with E-state index in [0.717, 1.165) is 24.1 Å². The lowest BCUT2D eigenvalue weighted by Gasteiger charge is -2.17. The predicted molar refractivity (Wildman–Crippen MR) is 119 cm³/mol. The molecule has 1 N–H and O–H groups in total. The number of ether oxygens (including phenoxy) is 1. The molecule has 0 saturated heterocycles. The van der Waals surface area contributed by atoms with Gasteiger partial charge in [-0.3, -0.25) is 9.52 Å². The van der Waals surface area contributed by atoms with E-state index in [1.54, 1.807) is 47.4 Å². The molecule has 0 unspecified atom stereocenters. The molecule has 1 amide bonds. The van der Waals surface area contributed by atoms with Gasteiger partial charge >= 0.3 is 0 Å². The monoisotopic (exact) mass is 434 g/mol. The van der Waals surface area contributed by atoms with Crippen molar-refractivity contribution in [2.75, 3.05) is 16.2 Å². The van der Waals surface area contributed by atoms with Crippen molar-refractivity contribution < 1.29 is 17.9 Å². The minimum atomic E-state index is -3.74. The highest BCUT2D eigenvalue weighted by molar-refractivity contribution is 7.92. The third-order valence-corrected chi connectivity index (χ3v) is 6.91. The molecule has 0 atom stereocenters. The molecule has 3 aromatic carbocycles. The summed E-state index contributed by atoms with van der Waals surface area (Å²) >= 11 is 0. The lowest BCUT2D eigenvalue weighted by atomic mass is 10.2. The summed E-state index contributed by atoms with van der Waals surface area (Å²) in [6.45, 7) is 0.616. The largest absolute Gasteiger partial charge is 0.457 e. The molecule has 0 radical (unpaired) electrons. The summed E-state index contributed by atoms with van der Waals surface area (Å²) in [5.41, 5.74) is 2.17. The van der Waals surface area contributed by atoms with Gasteiger partial charge in [-0.1, -0.05) is 18.2 Å². The van der Waals surface area contributed by atoms with Crippen LogP contribution in [0.1, 0.15) is 18.4 Å². The maximum absolute atomic E-state index is 12.9. The molecule has 1 saturated carbocycles. The van der Waals surface area contributed by atoms with Crippen molar-refractivity contribution in [1.29, 1.82) is 0 Å². The quantitative estimate of drug-likeness (QED) is 0.616. The smallest absolute Gasteiger partial charge is 0.261 e. The van der Waals surface area contributed by atoms with Gasteiger partial charge in [-0.25, -0.2) is 8.42 Å². The molecular weight excluding hydrogens is 412 g/mol. The average molecular weight is 435 g/mol. The molecule has 6 nitrogen and oxygen atoms in total. The zero-order valence-electron chi connectivity index (χ0n) is 16.8. The summed E-state index contributed by atoms with van der Waals surface area (Å²) in [6.07, 6.45) is 2.58. The van der Waals surface area contributed by atoms with Crippen LogP contribution in [-0.4, -0.2) is 20.9 Å². The second-order valence-electron chi connectivity index (χ2n) is 7.85. The zero-order valence-corrected chi connectivity index (χ0v) is 17.6. The molecule has 5 rings (SSSR count). The number of sulfonamides is 1. The third kappa shape index (κ3) is 4.14. The molecule has 158 valence electrons. The van der Waals surface area contributed by atoms with E-state index in [9.17, 15) is 13.2 Å².